The van der Waals surface area contributed by atoms with Crippen molar-refractivity contribution in [2.24, 2.45) is 5.41 Å². The molecule has 0 saturated carbocycles. The number of pyridine rings is 1. The summed E-state index contributed by atoms with van der Waals surface area (Å²) < 4.78 is 62.0. The smallest absolute Gasteiger partial charge is 0.406 e. The Labute approximate surface area is 211 Å². The molecule has 37 heavy (non-hydrogen) atoms. The van der Waals surface area contributed by atoms with E-state index in [1.807, 2.05) is 0 Å². The first-order valence-corrected chi connectivity index (χ1v) is 12.6. The summed E-state index contributed by atoms with van der Waals surface area (Å²) >= 11 is 0. The maximum atomic E-state index is 15.3. The average molecular weight is 518 g/mol. The Morgan fingerprint density at radius 3 is 2.49 bits per heavy atom. The Balaban J connectivity index is 1.19. The lowest BCUT2D eigenvalue weighted by Gasteiger charge is -2.34. The quantitative estimate of drug-likeness (QED) is 0.465. The molecule has 2 aliphatic heterocycles. The standard InChI is InChI=1S/C27H27F4N3O3/c28-20-15-32-24-23(19-13-26(14-21(19)33-24)7-11-36-12-8-26)22(20)16-5-9-34(10-6-16)25(35)17-1-3-18(4-2-17)37-27(29,30)31/h1-4,15-16H,5-14H2,(H,32,33). The zero-order chi connectivity index (χ0) is 25.8. The van der Waals surface area contributed by atoms with E-state index in [1.165, 1.54) is 23.9 Å². The number of rotatable bonds is 3. The molecular formula is C27H27F4N3O3. The van der Waals surface area contributed by atoms with E-state index in [0.29, 0.717) is 31.5 Å². The van der Waals surface area contributed by atoms with Crippen LogP contribution in [-0.2, 0) is 17.6 Å². The van der Waals surface area contributed by atoms with E-state index < -0.39 is 6.36 Å². The molecule has 2 fully saturated rings. The van der Waals surface area contributed by atoms with Gasteiger partial charge in [-0.1, -0.05) is 0 Å². The molecule has 0 bridgehead atoms. The van der Waals surface area contributed by atoms with Crippen LogP contribution in [0.5, 0.6) is 5.75 Å². The minimum absolute atomic E-state index is 0.0525. The Kier molecular flexibility index (Phi) is 5.89. The van der Waals surface area contributed by atoms with E-state index in [2.05, 4.69) is 14.7 Å². The molecule has 3 aliphatic rings. The Morgan fingerprint density at radius 2 is 1.81 bits per heavy atom. The van der Waals surface area contributed by atoms with Gasteiger partial charge in [0.2, 0.25) is 0 Å². The third-order valence-corrected chi connectivity index (χ3v) is 8.19. The van der Waals surface area contributed by atoms with Gasteiger partial charge in [0.25, 0.3) is 5.91 Å². The summed E-state index contributed by atoms with van der Waals surface area (Å²) in [5.41, 5.74) is 4.21. The number of hydrogen-bond donors (Lipinski definition) is 1. The maximum absolute atomic E-state index is 15.3. The van der Waals surface area contributed by atoms with Crippen molar-refractivity contribution in [2.75, 3.05) is 26.3 Å². The number of aromatic nitrogens is 2. The molecule has 1 aromatic carbocycles. The number of nitrogens with zero attached hydrogens (tertiary/aromatic N) is 2. The highest BCUT2D eigenvalue weighted by atomic mass is 19.4. The lowest BCUT2D eigenvalue weighted by molar-refractivity contribution is -0.274. The Hall–Kier alpha value is -3.14. The number of H-pyrrole nitrogens is 1. The summed E-state index contributed by atoms with van der Waals surface area (Å²) in [5, 5.41) is 0.906. The molecule has 2 saturated heterocycles. The van der Waals surface area contributed by atoms with Gasteiger partial charge in [0.1, 0.15) is 17.2 Å². The number of hydrogen-bond acceptors (Lipinski definition) is 4. The van der Waals surface area contributed by atoms with Crippen molar-refractivity contribution in [3.63, 3.8) is 0 Å². The molecule has 6 rings (SSSR count). The topological polar surface area (TPSA) is 67.5 Å². The molecular weight excluding hydrogens is 490 g/mol. The molecule has 1 amide bonds. The Morgan fingerprint density at radius 1 is 1.11 bits per heavy atom. The SMILES string of the molecule is O=C(c1ccc(OC(F)(F)F)cc1)N1CCC(c2c(F)cnc3[nH]c4c(c23)CC2(CCOCC2)C4)CC1. The van der Waals surface area contributed by atoms with E-state index in [0.717, 1.165) is 67.8 Å². The maximum Gasteiger partial charge on any atom is 0.573 e. The number of halogens is 4. The van der Waals surface area contributed by atoms with E-state index in [-0.39, 0.29) is 34.4 Å². The fourth-order valence-corrected chi connectivity index (χ4v) is 6.34. The van der Waals surface area contributed by atoms with Crippen molar-refractivity contribution >= 4 is 16.9 Å². The molecule has 4 heterocycles. The van der Waals surface area contributed by atoms with Crippen LogP contribution in [-0.4, -0.2) is 53.4 Å². The Bertz CT molecular complexity index is 1320. The number of piperidine rings is 1. The molecule has 1 N–H and O–H groups in total. The van der Waals surface area contributed by atoms with Crippen molar-refractivity contribution < 1.29 is 31.8 Å². The molecule has 0 unspecified atom stereocenters. The fraction of sp³-hybridized carbons (Fsp3) is 0.481. The van der Waals surface area contributed by atoms with Gasteiger partial charge in [0.15, 0.2) is 0 Å². The molecule has 0 atom stereocenters. The highest BCUT2D eigenvalue weighted by Gasteiger charge is 2.42. The number of nitrogens with one attached hydrogen (secondary N) is 1. The lowest BCUT2D eigenvalue weighted by Crippen LogP contribution is -2.38. The molecule has 3 aromatic rings. The molecule has 1 spiro atoms. The van der Waals surface area contributed by atoms with Crippen LogP contribution in [0.1, 0.15) is 58.8 Å². The minimum Gasteiger partial charge on any atom is -0.406 e. The van der Waals surface area contributed by atoms with Crippen LogP contribution in [0, 0.1) is 11.2 Å². The van der Waals surface area contributed by atoms with Gasteiger partial charge in [-0.2, -0.15) is 0 Å². The highest BCUT2D eigenvalue weighted by Crippen LogP contribution is 2.48. The van der Waals surface area contributed by atoms with Crippen LogP contribution in [0.15, 0.2) is 30.5 Å². The van der Waals surface area contributed by atoms with Crippen molar-refractivity contribution in [1.29, 1.82) is 0 Å². The van der Waals surface area contributed by atoms with Gasteiger partial charge in [-0.25, -0.2) is 9.37 Å². The normalized spacial score (nSPS) is 19.9. The summed E-state index contributed by atoms with van der Waals surface area (Å²) in [6, 6.07) is 4.93. The largest absolute Gasteiger partial charge is 0.573 e. The number of likely N-dealkylation sites (tertiary alicyclic amines) is 1. The number of carbonyl (C=O) groups excluding carboxylic acids is 1. The van der Waals surface area contributed by atoms with Crippen molar-refractivity contribution in [2.45, 2.75) is 50.8 Å². The van der Waals surface area contributed by atoms with Crippen LogP contribution in [0.2, 0.25) is 0 Å². The third kappa shape index (κ3) is 4.56. The van der Waals surface area contributed by atoms with Crippen molar-refractivity contribution in [1.82, 2.24) is 14.9 Å². The van der Waals surface area contributed by atoms with Gasteiger partial charge in [-0.15, -0.1) is 13.2 Å². The first-order valence-electron chi connectivity index (χ1n) is 12.6. The summed E-state index contributed by atoms with van der Waals surface area (Å²) in [4.78, 5) is 22.4. The number of ether oxygens (including phenoxy) is 2. The molecule has 6 nitrogen and oxygen atoms in total. The first-order chi connectivity index (χ1) is 17.7. The second kappa shape index (κ2) is 9.01. The summed E-state index contributed by atoms with van der Waals surface area (Å²) in [7, 11) is 0. The van der Waals surface area contributed by atoms with Crippen LogP contribution in [0.3, 0.4) is 0 Å². The van der Waals surface area contributed by atoms with Crippen LogP contribution < -0.4 is 4.74 Å². The number of fused-ring (bicyclic) bond motifs is 3. The third-order valence-electron chi connectivity index (χ3n) is 8.19. The van der Waals surface area contributed by atoms with Crippen LogP contribution >= 0.6 is 0 Å². The highest BCUT2D eigenvalue weighted by molar-refractivity contribution is 5.94. The second-order valence-corrected chi connectivity index (χ2v) is 10.4. The number of alkyl halides is 3. The van der Waals surface area contributed by atoms with Gasteiger partial charge < -0.3 is 19.4 Å². The fourth-order valence-electron chi connectivity index (χ4n) is 6.34. The number of benzene rings is 1. The van der Waals surface area contributed by atoms with E-state index in [4.69, 9.17) is 4.74 Å². The number of aromatic amines is 1. The minimum atomic E-state index is -4.79. The average Bonchev–Trinajstić information content (AvgIpc) is 3.37. The van der Waals surface area contributed by atoms with Gasteiger partial charge in [-0.3, -0.25) is 4.79 Å². The van der Waals surface area contributed by atoms with Gasteiger partial charge in [-0.05, 0) is 79.7 Å². The predicted molar refractivity (Wildman–Crippen MR) is 127 cm³/mol. The summed E-state index contributed by atoms with van der Waals surface area (Å²) in [5.74, 6) is -1.00. The zero-order valence-electron chi connectivity index (χ0n) is 20.2. The summed E-state index contributed by atoms with van der Waals surface area (Å²) in [6.45, 7) is 2.38. The zero-order valence-corrected chi connectivity index (χ0v) is 20.2. The first kappa shape index (κ1) is 24.2. The molecule has 10 heteroatoms. The van der Waals surface area contributed by atoms with Crippen LogP contribution in [0.4, 0.5) is 17.6 Å². The molecule has 1 aliphatic carbocycles. The summed E-state index contributed by atoms with van der Waals surface area (Å²) in [6.07, 6.45) is 1.52. The monoisotopic (exact) mass is 517 g/mol. The van der Waals surface area contributed by atoms with Crippen molar-refractivity contribution in [3.8, 4) is 5.75 Å². The van der Waals surface area contributed by atoms with Gasteiger partial charge >= 0.3 is 6.36 Å². The number of amides is 1. The van der Waals surface area contributed by atoms with Gasteiger partial charge in [0.05, 0.1) is 6.20 Å². The molecule has 196 valence electrons. The lowest BCUT2D eigenvalue weighted by atomic mass is 9.77. The van der Waals surface area contributed by atoms with Crippen LogP contribution in [0.25, 0.3) is 11.0 Å². The molecule has 2 aromatic heterocycles. The predicted octanol–water partition coefficient (Wildman–Crippen LogP) is 5.52. The molecule has 0 radical (unpaired) electrons. The number of carbonyl (C=O) groups is 1. The van der Waals surface area contributed by atoms with E-state index in [1.54, 1.807) is 4.90 Å². The van der Waals surface area contributed by atoms with E-state index in [9.17, 15) is 18.0 Å². The van der Waals surface area contributed by atoms with E-state index >= 15 is 4.39 Å². The van der Waals surface area contributed by atoms with Crippen molar-refractivity contribution in [3.05, 3.63) is 58.7 Å². The van der Waals surface area contributed by atoms with Gasteiger partial charge in [0, 0.05) is 48.5 Å². The second-order valence-electron chi connectivity index (χ2n) is 10.4.